The molecule has 2 rings (SSSR count). The predicted octanol–water partition coefficient (Wildman–Crippen LogP) is 2.81. The highest BCUT2D eigenvalue weighted by atomic mass is 35.5. The molecule has 88 valence electrons. The van der Waals surface area contributed by atoms with Gasteiger partial charge in [-0.15, -0.1) is 0 Å². The van der Waals surface area contributed by atoms with E-state index in [0.717, 1.165) is 11.1 Å². The van der Waals surface area contributed by atoms with E-state index in [2.05, 4.69) is 4.98 Å². The molecule has 0 bridgehead atoms. The van der Waals surface area contributed by atoms with Gasteiger partial charge in [0.15, 0.2) is 9.84 Å². The lowest BCUT2D eigenvalue weighted by Gasteiger charge is -2.04. The van der Waals surface area contributed by atoms with Crippen LogP contribution in [0.25, 0.3) is 11.1 Å². The largest absolute Gasteiger partial charge is 0.244 e. The molecule has 0 atom stereocenters. The summed E-state index contributed by atoms with van der Waals surface area (Å²) < 4.78 is 22.6. The van der Waals surface area contributed by atoms with Crippen molar-refractivity contribution in [1.82, 2.24) is 4.98 Å². The fourth-order valence-electron chi connectivity index (χ4n) is 1.48. The molecule has 0 N–H and O–H groups in total. The minimum absolute atomic E-state index is 0.293. The van der Waals surface area contributed by atoms with Crippen LogP contribution in [-0.2, 0) is 9.84 Å². The standard InChI is InChI=1S/C12H10ClNO2S/c1-17(15,16)10-6-4-9(5-7-10)11-3-2-8-14-12(11)13/h2-8H,1H3. The summed E-state index contributed by atoms with van der Waals surface area (Å²) >= 11 is 5.96. The maximum absolute atomic E-state index is 11.3. The summed E-state index contributed by atoms with van der Waals surface area (Å²) in [6.07, 6.45) is 2.79. The van der Waals surface area contributed by atoms with E-state index in [9.17, 15) is 8.42 Å². The van der Waals surface area contributed by atoms with E-state index in [1.807, 2.05) is 6.07 Å². The number of benzene rings is 1. The van der Waals surface area contributed by atoms with Crippen LogP contribution in [0.15, 0.2) is 47.5 Å². The maximum Gasteiger partial charge on any atom is 0.175 e. The molecule has 5 heteroatoms. The van der Waals surface area contributed by atoms with Crippen LogP contribution in [0.3, 0.4) is 0 Å². The van der Waals surface area contributed by atoms with Crippen molar-refractivity contribution in [3.63, 3.8) is 0 Å². The SMILES string of the molecule is CS(=O)(=O)c1ccc(-c2cccnc2Cl)cc1. The number of halogens is 1. The van der Waals surface area contributed by atoms with Gasteiger partial charge in [0.2, 0.25) is 0 Å². The van der Waals surface area contributed by atoms with Crippen LogP contribution >= 0.6 is 11.6 Å². The second-order valence-electron chi connectivity index (χ2n) is 3.64. The lowest BCUT2D eigenvalue weighted by molar-refractivity contribution is 0.602. The van der Waals surface area contributed by atoms with E-state index in [0.29, 0.717) is 10.0 Å². The predicted molar refractivity (Wildman–Crippen MR) is 67.8 cm³/mol. The highest BCUT2D eigenvalue weighted by Gasteiger charge is 2.08. The normalized spacial score (nSPS) is 11.4. The number of nitrogens with zero attached hydrogens (tertiary/aromatic N) is 1. The number of hydrogen-bond acceptors (Lipinski definition) is 3. The molecule has 0 radical (unpaired) electrons. The molecule has 0 saturated carbocycles. The average Bonchev–Trinajstić information content (AvgIpc) is 2.29. The van der Waals surface area contributed by atoms with Crippen molar-refractivity contribution in [1.29, 1.82) is 0 Å². The summed E-state index contributed by atoms with van der Waals surface area (Å²) in [5.41, 5.74) is 1.63. The number of sulfone groups is 1. The molecule has 1 heterocycles. The summed E-state index contributed by atoms with van der Waals surface area (Å²) in [7, 11) is -3.16. The van der Waals surface area contributed by atoms with Gasteiger partial charge < -0.3 is 0 Å². The van der Waals surface area contributed by atoms with Crippen LogP contribution in [0.2, 0.25) is 5.15 Å². The van der Waals surface area contributed by atoms with Gasteiger partial charge in [-0.25, -0.2) is 13.4 Å². The van der Waals surface area contributed by atoms with Gasteiger partial charge in [0, 0.05) is 18.0 Å². The molecule has 1 aromatic carbocycles. The summed E-state index contributed by atoms with van der Waals surface area (Å²) in [5.74, 6) is 0. The van der Waals surface area contributed by atoms with Gasteiger partial charge in [0.1, 0.15) is 5.15 Å². The van der Waals surface area contributed by atoms with Crippen molar-refractivity contribution in [2.45, 2.75) is 4.90 Å². The Kier molecular flexibility index (Phi) is 3.17. The molecule has 0 fully saturated rings. The van der Waals surface area contributed by atoms with E-state index in [-0.39, 0.29) is 0 Å². The highest BCUT2D eigenvalue weighted by molar-refractivity contribution is 7.90. The van der Waals surface area contributed by atoms with Crippen LogP contribution in [0.1, 0.15) is 0 Å². The quantitative estimate of drug-likeness (QED) is 0.786. The van der Waals surface area contributed by atoms with Crippen molar-refractivity contribution in [2.24, 2.45) is 0 Å². The molecule has 3 nitrogen and oxygen atoms in total. The van der Waals surface area contributed by atoms with Crippen LogP contribution in [0, 0.1) is 0 Å². The molecule has 0 aliphatic heterocycles. The topological polar surface area (TPSA) is 47.0 Å². The first kappa shape index (κ1) is 12.1. The number of pyridine rings is 1. The molecule has 0 amide bonds. The third-order valence-corrected chi connectivity index (χ3v) is 3.78. The van der Waals surface area contributed by atoms with Crippen molar-refractivity contribution < 1.29 is 8.42 Å². The minimum Gasteiger partial charge on any atom is -0.244 e. The third-order valence-electron chi connectivity index (χ3n) is 2.35. The van der Waals surface area contributed by atoms with E-state index >= 15 is 0 Å². The molecule has 0 saturated heterocycles. The monoisotopic (exact) mass is 267 g/mol. The zero-order chi connectivity index (χ0) is 12.5. The fraction of sp³-hybridized carbons (Fsp3) is 0.0833. The van der Waals surface area contributed by atoms with Gasteiger partial charge >= 0.3 is 0 Å². The van der Waals surface area contributed by atoms with Crippen LogP contribution < -0.4 is 0 Å². The average molecular weight is 268 g/mol. The van der Waals surface area contributed by atoms with E-state index in [1.165, 1.54) is 6.26 Å². The molecule has 17 heavy (non-hydrogen) atoms. The molecule has 0 aliphatic rings. The van der Waals surface area contributed by atoms with Gasteiger partial charge in [-0.2, -0.15) is 0 Å². The Morgan fingerprint density at radius 1 is 1.12 bits per heavy atom. The number of rotatable bonds is 2. The molecular formula is C12H10ClNO2S. The second-order valence-corrected chi connectivity index (χ2v) is 6.01. The Morgan fingerprint density at radius 2 is 1.76 bits per heavy atom. The zero-order valence-corrected chi connectivity index (χ0v) is 10.7. The first-order chi connectivity index (χ1) is 7.98. The Labute approximate surface area is 105 Å². The Morgan fingerprint density at radius 3 is 2.29 bits per heavy atom. The van der Waals surface area contributed by atoms with Gasteiger partial charge in [-0.3, -0.25) is 0 Å². The lowest BCUT2D eigenvalue weighted by Crippen LogP contribution is -1.96. The Balaban J connectivity index is 2.47. The van der Waals surface area contributed by atoms with Crippen molar-refractivity contribution >= 4 is 21.4 Å². The molecule has 0 unspecified atom stereocenters. The van der Waals surface area contributed by atoms with Gasteiger partial charge in [0.05, 0.1) is 4.90 Å². The zero-order valence-electron chi connectivity index (χ0n) is 9.09. The van der Waals surface area contributed by atoms with E-state index in [1.54, 1.807) is 36.5 Å². The summed E-state index contributed by atoms with van der Waals surface area (Å²) in [6.45, 7) is 0. The summed E-state index contributed by atoms with van der Waals surface area (Å²) in [6, 6.07) is 10.2. The molecule has 0 spiro atoms. The van der Waals surface area contributed by atoms with Crippen molar-refractivity contribution in [3.8, 4) is 11.1 Å². The first-order valence-electron chi connectivity index (χ1n) is 4.89. The van der Waals surface area contributed by atoms with Gasteiger partial charge in [0.25, 0.3) is 0 Å². The summed E-state index contributed by atoms with van der Waals surface area (Å²) in [5, 5.41) is 0.402. The maximum atomic E-state index is 11.3. The molecule has 1 aromatic heterocycles. The van der Waals surface area contributed by atoms with Crippen LogP contribution in [0.5, 0.6) is 0 Å². The smallest absolute Gasteiger partial charge is 0.175 e. The molecular weight excluding hydrogens is 258 g/mol. The Bertz CT molecular complexity index is 636. The van der Waals surface area contributed by atoms with E-state index < -0.39 is 9.84 Å². The number of hydrogen-bond donors (Lipinski definition) is 0. The van der Waals surface area contributed by atoms with Gasteiger partial charge in [-0.05, 0) is 29.8 Å². The highest BCUT2D eigenvalue weighted by Crippen LogP contribution is 2.26. The second kappa shape index (κ2) is 4.47. The van der Waals surface area contributed by atoms with Crippen molar-refractivity contribution in [3.05, 3.63) is 47.7 Å². The fourth-order valence-corrected chi connectivity index (χ4v) is 2.34. The van der Waals surface area contributed by atoms with Gasteiger partial charge in [-0.1, -0.05) is 23.7 Å². The summed E-state index contributed by atoms with van der Waals surface area (Å²) in [4.78, 5) is 4.27. The molecule has 0 aliphatic carbocycles. The Hall–Kier alpha value is -1.39. The first-order valence-corrected chi connectivity index (χ1v) is 7.16. The van der Waals surface area contributed by atoms with Crippen LogP contribution in [-0.4, -0.2) is 19.7 Å². The molecule has 2 aromatic rings. The van der Waals surface area contributed by atoms with E-state index in [4.69, 9.17) is 11.6 Å². The lowest BCUT2D eigenvalue weighted by atomic mass is 10.1. The number of aromatic nitrogens is 1. The minimum atomic E-state index is -3.16. The van der Waals surface area contributed by atoms with Crippen LogP contribution in [0.4, 0.5) is 0 Å². The third kappa shape index (κ3) is 2.65. The van der Waals surface area contributed by atoms with Crippen molar-refractivity contribution in [2.75, 3.05) is 6.26 Å².